The zero-order chi connectivity index (χ0) is 24.5. The number of carbonyl (C=O) groups is 4. The molecule has 1 amide bonds. The predicted molar refractivity (Wildman–Crippen MR) is 123 cm³/mol. The maximum absolute atomic E-state index is 12.5. The van der Waals surface area contributed by atoms with E-state index in [0.29, 0.717) is 18.7 Å². The molecule has 1 aromatic heterocycles. The first-order chi connectivity index (χ1) is 16.3. The van der Waals surface area contributed by atoms with E-state index < -0.39 is 11.9 Å². The van der Waals surface area contributed by atoms with E-state index in [1.807, 2.05) is 47.4 Å². The standard InChI is InChI=1S/C22H24N4O2.C2H2O4/c27-20(17-6-2-1-3-7-17)10-11-22(28)26-14-12-25(13-15-26)16-21-23-18-8-4-5-9-19(18)24-21;3-1(4)2(5)6/h1-9H,10-16H2,(H,23,24);(H,3,4)(H,5,6). The minimum absolute atomic E-state index is 0.0254. The second kappa shape index (κ2) is 11.7. The van der Waals surface area contributed by atoms with Gasteiger partial charge in [0.2, 0.25) is 5.91 Å². The van der Waals surface area contributed by atoms with Crippen LogP contribution in [0.5, 0.6) is 0 Å². The van der Waals surface area contributed by atoms with Gasteiger partial charge < -0.3 is 20.1 Å². The summed E-state index contributed by atoms with van der Waals surface area (Å²) in [6.45, 7) is 3.77. The number of H-pyrrole nitrogens is 1. The van der Waals surface area contributed by atoms with Crippen LogP contribution in [-0.4, -0.2) is 79.8 Å². The van der Waals surface area contributed by atoms with Crippen molar-refractivity contribution in [1.29, 1.82) is 0 Å². The summed E-state index contributed by atoms with van der Waals surface area (Å²) in [6, 6.07) is 17.2. The van der Waals surface area contributed by atoms with Crippen molar-refractivity contribution in [2.75, 3.05) is 26.2 Å². The van der Waals surface area contributed by atoms with Gasteiger partial charge in [-0.15, -0.1) is 0 Å². The van der Waals surface area contributed by atoms with E-state index in [0.717, 1.165) is 36.5 Å². The van der Waals surface area contributed by atoms with Crippen molar-refractivity contribution in [3.05, 3.63) is 66.0 Å². The van der Waals surface area contributed by atoms with E-state index in [1.54, 1.807) is 12.1 Å². The number of ketones is 1. The molecule has 2 aromatic carbocycles. The summed E-state index contributed by atoms with van der Waals surface area (Å²) in [5.41, 5.74) is 2.70. The number of aromatic nitrogens is 2. The minimum atomic E-state index is -1.82. The number of fused-ring (bicyclic) bond motifs is 1. The van der Waals surface area contributed by atoms with E-state index in [4.69, 9.17) is 19.8 Å². The van der Waals surface area contributed by atoms with Gasteiger partial charge in [0, 0.05) is 44.6 Å². The Bertz CT molecular complexity index is 1110. The van der Waals surface area contributed by atoms with Gasteiger partial charge >= 0.3 is 11.9 Å². The number of piperazine rings is 1. The van der Waals surface area contributed by atoms with Gasteiger partial charge in [0.1, 0.15) is 5.82 Å². The third kappa shape index (κ3) is 6.97. The summed E-state index contributed by atoms with van der Waals surface area (Å²) in [6.07, 6.45) is 0.541. The van der Waals surface area contributed by atoms with E-state index in [2.05, 4.69) is 14.9 Å². The molecule has 1 aliphatic rings. The monoisotopic (exact) mass is 466 g/mol. The number of carboxylic acid groups (broad SMARTS) is 2. The molecule has 0 radical (unpaired) electrons. The van der Waals surface area contributed by atoms with Gasteiger partial charge in [0.05, 0.1) is 17.6 Å². The summed E-state index contributed by atoms with van der Waals surface area (Å²) in [4.78, 5) is 55.0. The van der Waals surface area contributed by atoms with Crippen LogP contribution >= 0.6 is 0 Å². The fraction of sp³-hybridized carbons (Fsp3) is 0.292. The van der Waals surface area contributed by atoms with Crippen molar-refractivity contribution < 1.29 is 29.4 Å². The number of Topliss-reactive ketones (excluding diaryl/α,β-unsaturated/α-hetero) is 1. The SMILES string of the molecule is O=C(CCC(=O)N1CCN(Cc2nc3ccccc3[nH]2)CC1)c1ccccc1.O=C(O)C(=O)O. The summed E-state index contributed by atoms with van der Waals surface area (Å²) < 4.78 is 0. The number of imidazole rings is 1. The first-order valence-electron chi connectivity index (χ1n) is 10.8. The molecule has 2 heterocycles. The van der Waals surface area contributed by atoms with Gasteiger partial charge in [-0.2, -0.15) is 0 Å². The number of hydrogen-bond donors (Lipinski definition) is 3. The summed E-state index contributed by atoms with van der Waals surface area (Å²) >= 11 is 0. The fourth-order valence-corrected chi connectivity index (χ4v) is 3.59. The fourth-order valence-electron chi connectivity index (χ4n) is 3.59. The molecule has 34 heavy (non-hydrogen) atoms. The quantitative estimate of drug-likeness (QED) is 0.370. The van der Waals surface area contributed by atoms with Crippen LogP contribution in [0.3, 0.4) is 0 Å². The van der Waals surface area contributed by atoms with Crippen LogP contribution in [0.25, 0.3) is 11.0 Å². The molecular formula is C24H26N4O6. The van der Waals surface area contributed by atoms with Crippen molar-refractivity contribution >= 4 is 34.7 Å². The van der Waals surface area contributed by atoms with Crippen molar-refractivity contribution in [2.45, 2.75) is 19.4 Å². The molecule has 3 N–H and O–H groups in total. The number of carboxylic acids is 2. The van der Waals surface area contributed by atoms with Crippen LogP contribution in [0, 0.1) is 0 Å². The first-order valence-corrected chi connectivity index (χ1v) is 10.8. The lowest BCUT2D eigenvalue weighted by molar-refractivity contribution is -0.159. The Morgan fingerprint density at radius 2 is 1.44 bits per heavy atom. The Kier molecular flexibility index (Phi) is 8.47. The van der Waals surface area contributed by atoms with E-state index in [9.17, 15) is 9.59 Å². The second-order valence-corrected chi connectivity index (χ2v) is 7.76. The van der Waals surface area contributed by atoms with E-state index >= 15 is 0 Å². The van der Waals surface area contributed by atoms with Gasteiger partial charge in [-0.1, -0.05) is 42.5 Å². The molecule has 0 aliphatic carbocycles. The molecule has 1 fully saturated rings. The normalized spacial score (nSPS) is 13.7. The highest BCUT2D eigenvalue weighted by molar-refractivity contribution is 6.27. The number of aliphatic carboxylic acids is 2. The lowest BCUT2D eigenvalue weighted by Crippen LogP contribution is -2.48. The molecule has 0 spiro atoms. The number of benzene rings is 2. The second-order valence-electron chi connectivity index (χ2n) is 7.76. The third-order valence-corrected chi connectivity index (χ3v) is 5.38. The van der Waals surface area contributed by atoms with Crippen LogP contribution < -0.4 is 0 Å². The number of nitrogens with zero attached hydrogens (tertiary/aromatic N) is 3. The first kappa shape index (κ1) is 24.6. The van der Waals surface area contributed by atoms with Crippen LogP contribution in [0.1, 0.15) is 29.0 Å². The molecule has 1 aliphatic heterocycles. The molecule has 4 rings (SSSR count). The zero-order valence-electron chi connectivity index (χ0n) is 18.5. The maximum atomic E-state index is 12.5. The van der Waals surface area contributed by atoms with Crippen molar-refractivity contribution in [1.82, 2.24) is 19.8 Å². The lowest BCUT2D eigenvalue weighted by atomic mass is 10.1. The number of aromatic amines is 1. The molecule has 0 saturated carbocycles. The Morgan fingerprint density at radius 1 is 0.824 bits per heavy atom. The highest BCUT2D eigenvalue weighted by Gasteiger charge is 2.22. The highest BCUT2D eigenvalue weighted by Crippen LogP contribution is 2.14. The van der Waals surface area contributed by atoms with Crippen LogP contribution in [0.4, 0.5) is 0 Å². The van der Waals surface area contributed by atoms with Gasteiger partial charge in [0.25, 0.3) is 0 Å². The number of hydrogen-bond acceptors (Lipinski definition) is 6. The molecule has 1 saturated heterocycles. The average Bonchev–Trinajstić information content (AvgIpc) is 3.26. The molecule has 3 aromatic rings. The summed E-state index contributed by atoms with van der Waals surface area (Å²) in [5.74, 6) is -2.61. The van der Waals surface area contributed by atoms with Crippen LogP contribution in [0.2, 0.25) is 0 Å². The summed E-state index contributed by atoms with van der Waals surface area (Å²) in [5, 5.41) is 14.8. The van der Waals surface area contributed by atoms with Crippen molar-refractivity contribution in [3.63, 3.8) is 0 Å². The molecule has 10 heteroatoms. The van der Waals surface area contributed by atoms with E-state index in [-0.39, 0.29) is 24.5 Å². The number of nitrogens with one attached hydrogen (secondary N) is 1. The maximum Gasteiger partial charge on any atom is 0.414 e. The molecule has 0 unspecified atom stereocenters. The molecule has 0 bridgehead atoms. The Morgan fingerprint density at radius 3 is 2.06 bits per heavy atom. The number of carbonyl (C=O) groups excluding carboxylic acids is 2. The Hall–Kier alpha value is -4.05. The highest BCUT2D eigenvalue weighted by atomic mass is 16.4. The molecular weight excluding hydrogens is 440 g/mol. The van der Waals surface area contributed by atoms with Gasteiger partial charge in [-0.25, -0.2) is 14.6 Å². The minimum Gasteiger partial charge on any atom is -0.473 e. The topological polar surface area (TPSA) is 144 Å². The van der Waals surface area contributed by atoms with Gasteiger partial charge in [-0.3, -0.25) is 14.5 Å². The van der Waals surface area contributed by atoms with Gasteiger partial charge in [-0.05, 0) is 12.1 Å². The predicted octanol–water partition coefficient (Wildman–Crippen LogP) is 2.03. The van der Waals surface area contributed by atoms with Crippen LogP contribution in [0.15, 0.2) is 54.6 Å². The Labute approximate surface area is 195 Å². The van der Waals surface area contributed by atoms with Crippen molar-refractivity contribution in [3.8, 4) is 0 Å². The van der Waals surface area contributed by atoms with Crippen molar-refractivity contribution in [2.24, 2.45) is 0 Å². The molecule has 178 valence electrons. The number of rotatable bonds is 6. The number of amides is 1. The lowest BCUT2D eigenvalue weighted by Gasteiger charge is -2.34. The average molecular weight is 466 g/mol. The molecule has 0 atom stereocenters. The smallest absolute Gasteiger partial charge is 0.414 e. The third-order valence-electron chi connectivity index (χ3n) is 5.38. The van der Waals surface area contributed by atoms with Crippen LogP contribution in [-0.2, 0) is 20.9 Å². The van der Waals surface area contributed by atoms with Gasteiger partial charge in [0.15, 0.2) is 5.78 Å². The zero-order valence-corrected chi connectivity index (χ0v) is 18.5. The summed E-state index contributed by atoms with van der Waals surface area (Å²) in [7, 11) is 0. The number of para-hydroxylation sites is 2. The van der Waals surface area contributed by atoms with E-state index in [1.165, 1.54) is 0 Å². The molecule has 10 nitrogen and oxygen atoms in total. The largest absolute Gasteiger partial charge is 0.473 e. The Balaban J connectivity index is 0.000000481.